The minimum atomic E-state index is -0.230. The summed E-state index contributed by atoms with van der Waals surface area (Å²) in [5, 5.41) is 5.47. The molecule has 0 unspecified atom stereocenters. The molecule has 1 aromatic carbocycles. The molecule has 0 spiro atoms. The van der Waals surface area contributed by atoms with E-state index in [-0.39, 0.29) is 18.2 Å². The summed E-state index contributed by atoms with van der Waals surface area (Å²) in [4.78, 5) is 31.0. The van der Waals surface area contributed by atoms with Gasteiger partial charge in [0.15, 0.2) is 0 Å². The van der Waals surface area contributed by atoms with Crippen LogP contribution in [0.1, 0.15) is 16.1 Å². The van der Waals surface area contributed by atoms with E-state index in [0.29, 0.717) is 17.1 Å². The highest BCUT2D eigenvalue weighted by Gasteiger charge is 2.07. The number of rotatable bonds is 5. The van der Waals surface area contributed by atoms with Crippen molar-refractivity contribution in [2.45, 2.75) is 6.42 Å². The molecule has 6 heteroatoms. The lowest BCUT2D eigenvalue weighted by atomic mass is 10.2. The van der Waals surface area contributed by atoms with E-state index in [2.05, 4.69) is 20.6 Å². The largest absolute Gasteiger partial charge is 0.365 e. The van der Waals surface area contributed by atoms with Crippen LogP contribution in [0.3, 0.4) is 0 Å². The number of H-pyrrole nitrogens is 1. The van der Waals surface area contributed by atoms with Crippen LogP contribution in [0.5, 0.6) is 0 Å². The molecule has 0 saturated heterocycles. The van der Waals surface area contributed by atoms with Crippen LogP contribution in [0.4, 0.5) is 11.5 Å². The molecule has 120 valence electrons. The summed E-state index contributed by atoms with van der Waals surface area (Å²) in [6.45, 7) is 0. The van der Waals surface area contributed by atoms with Gasteiger partial charge in [0.25, 0.3) is 5.91 Å². The first-order chi connectivity index (χ1) is 11.7. The van der Waals surface area contributed by atoms with Crippen molar-refractivity contribution >= 4 is 23.3 Å². The highest BCUT2D eigenvalue weighted by molar-refractivity contribution is 6.03. The van der Waals surface area contributed by atoms with Gasteiger partial charge in [0.2, 0.25) is 5.91 Å². The third-order valence-corrected chi connectivity index (χ3v) is 3.34. The highest BCUT2D eigenvalue weighted by Crippen LogP contribution is 2.11. The maximum Gasteiger partial charge on any atom is 0.256 e. The van der Waals surface area contributed by atoms with Crippen molar-refractivity contribution in [1.82, 2.24) is 9.97 Å². The number of anilines is 2. The molecule has 24 heavy (non-hydrogen) atoms. The molecule has 2 aromatic heterocycles. The number of hydrogen-bond acceptors (Lipinski definition) is 3. The second-order valence-corrected chi connectivity index (χ2v) is 5.17. The van der Waals surface area contributed by atoms with Gasteiger partial charge in [-0.25, -0.2) is 4.98 Å². The first-order valence-electron chi connectivity index (χ1n) is 7.45. The molecule has 0 saturated carbocycles. The van der Waals surface area contributed by atoms with Crippen molar-refractivity contribution in [3.63, 3.8) is 0 Å². The summed E-state index contributed by atoms with van der Waals surface area (Å²) in [5.41, 5.74) is 1.97. The Morgan fingerprint density at radius 1 is 0.958 bits per heavy atom. The van der Waals surface area contributed by atoms with E-state index in [1.807, 2.05) is 18.2 Å². The Morgan fingerprint density at radius 2 is 1.79 bits per heavy atom. The SMILES string of the molecule is O=C(Cc1ccc[nH]1)Nc1ccc(NC(=O)c2ccccc2)nc1. The Bertz CT molecular complexity index is 812. The molecule has 3 aromatic rings. The maximum absolute atomic E-state index is 12.0. The van der Waals surface area contributed by atoms with Gasteiger partial charge < -0.3 is 15.6 Å². The number of nitrogens with one attached hydrogen (secondary N) is 3. The number of benzene rings is 1. The summed E-state index contributed by atoms with van der Waals surface area (Å²) < 4.78 is 0. The van der Waals surface area contributed by atoms with Crippen LogP contribution in [0, 0.1) is 0 Å². The Labute approximate surface area is 138 Å². The quantitative estimate of drug-likeness (QED) is 0.675. The number of amides is 2. The molecular weight excluding hydrogens is 304 g/mol. The average Bonchev–Trinajstić information content (AvgIpc) is 3.10. The molecule has 0 atom stereocenters. The van der Waals surface area contributed by atoms with E-state index in [1.165, 1.54) is 6.20 Å². The smallest absolute Gasteiger partial charge is 0.256 e. The van der Waals surface area contributed by atoms with Gasteiger partial charge in [-0.3, -0.25) is 9.59 Å². The zero-order valence-electron chi connectivity index (χ0n) is 12.8. The van der Waals surface area contributed by atoms with E-state index in [1.54, 1.807) is 42.6 Å². The predicted octanol–water partition coefficient (Wildman–Crippen LogP) is 2.84. The summed E-state index contributed by atoms with van der Waals surface area (Å²) >= 11 is 0. The van der Waals surface area contributed by atoms with Gasteiger partial charge >= 0.3 is 0 Å². The van der Waals surface area contributed by atoms with Crippen LogP contribution in [-0.4, -0.2) is 21.8 Å². The number of carbonyl (C=O) groups excluding carboxylic acids is 2. The lowest BCUT2D eigenvalue weighted by Gasteiger charge is -2.07. The van der Waals surface area contributed by atoms with Crippen molar-refractivity contribution in [1.29, 1.82) is 0 Å². The molecule has 0 bridgehead atoms. The Morgan fingerprint density at radius 3 is 2.46 bits per heavy atom. The van der Waals surface area contributed by atoms with Crippen LogP contribution in [0.15, 0.2) is 67.0 Å². The van der Waals surface area contributed by atoms with Crippen molar-refractivity contribution in [2.75, 3.05) is 10.6 Å². The second-order valence-electron chi connectivity index (χ2n) is 5.17. The monoisotopic (exact) mass is 320 g/mol. The van der Waals surface area contributed by atoms with Gasteiger partial charge in [-0.2, -0.15) is 0 Å². The number of nitrogens with zero attached hydrogens (tertiary/aromatic N) is 1. The molecule has 0 aliphatic carbocycles. The molecule has 0 aliphatic rings. The molecule has 0 fully saturated rings. The minimum Gasteiger partial charge on any atom is -0.365 e. The van der Waals surface area contributed by atoms with Gasteiger partial charge in [0, 0.05) is 17.5 Å². The van der Waals surface area contributed by atoms with Crippen molar-refractivity contribution in [3.05, 3.63) is 78.2 Å². The highest BCUT2D eigenvalue weighted by atomic mass is 16.2. The van der Waals surface area contributed by atoms with Crippen LogP contribution in [-0.2, 0) is 11.2 Å². The third kappa shape index (κ3) is 4.07. The fraction of sp³-hybridized carbons (Fsp3) is 0.0556. The summed E-state index contributed by atoms with van der Waals surface area (Å²) in [5.74, 6) is 0.0539. The zero-order chi connectivity index (χ0) is 16.8. The fourth-order valence-corrected chi connectivity index (χ4v) is 2.18. The topological polar surface area (TPSA) is 86.9 Å². The lowest BCUT2D eigenvalue weighted by molar-refractivity contribution is -0.115. The molecule has 0 radical (unpaired) electrons. The van der Waals surface area contributed by atoms with Crippen molar-refractivity contribution < 1.29 is 9.59 Å². The fourth-order valence-electron chi connectivity index (χ4n) is 2.18. The number of aromatic amines is 1. The lowest BCUT2D eigenvalue weighted by Crippen LogP contribution is -2.15. The van der Waals surface area contributed by atoms with Crippen LogP contribution in [0.25, 0.3) is 0 Å². The minimum absolute atomic E-state index is 0.139. The normalized spacial score (nSPS) is 10.2. The summed E-state index contributed by atoms with van der Waals surface area (Å²) in [6, 6.07) is 15.9. The first-order valence-corrected chi connectivity index (χ1v) is 7.45. The van der Waals surface area contributed by atoms with Gasteiger partial charge in [0.05, 0.1) is 18.3 Å². The molecule has 3 N–H and O–H groups in total. The van der Waals surface area contributed by atoms with E-state index >= 15 is 0 Å². The van der Waals surface area contributed by atoms with Crippen molar-refractivity contribution in [3.8, 4) is 0 Å². The Kier molecular flexibility index (Phi) is 4.67. The zero-order valence-corrected chi connectivity index (χ0v) is 12.8. The second kappa shape index (κ2) is 7.23. The molecule has 3 rings (SSSR count). The van der Waals surface area contributed by atoms with E-state index in [9.17, 15) is 9.59 Å². The van der Waals surface area contributed by atoms with Crippen LogP contribution >= 0.6 is 0 Å². The van der Waals surface area contributed by atoms with Gasteiger partial charge in [-0.05, 0) is 36.4 Å². The summed E-state index contributed by atoms with van der Waals surface area (Å²) in [6.07, 6.45) is 3.54. The number of carbonyl (C=O) groups is 2. The third-order valence-electron chi connectivity index (χ3n) is 3.34. The van der Waals surface area contributed by atoms with E-state index in [4.69, 9.17) is 0 Å². The molecular formula is C18H16N4O2. The standard InChI is InChI=1S/C18H16N4O2/c23-17(11-14-7-4-10-19-14)21-15-8-9-16(20-12-15)22-18(24)13-5-2-1-3-6-13/h1-10,12,19H,11H2,(H,21,23)(H,20,22,24). The Hall–Kier alpha value is -3.41. The predicted molar refractivity (Wildman–Crippen MR) is 91.8 cm³/mol. The average molecular weight is 320 g/mol. The van der Waals surface area contributed by atoms with E-state index < -0.39 is 0 Å². The molecule has 2 amide bonds. The first kappa shape index (κ1) is 15.5. The van der Waals surface area contributed by atoms with Gasteiger partial charge in [-0.15, -0.1) is 0 Å². The summed E-state index contributed by atoms with van der Waals surface area (Å²) in [7, 11) is 0. The van der Waals surface area contributed by atoms with Crippen molar-refractivity contribution in [2.24, 2.45) is 0 Å². The molecule has 0 aliphatic heterocycles. The maximum atomic E-state index is 12.0. The van der Waals surface area contributed by atoms with Gasteiger partial charge in [-0.1, -0.05) is 18.2 Å². The van der Waals surface area contributed by atoms with E-state index in [0.717, 1.165) is 5.69 Å². The number of pyridine rings is 1. The number of aromatic nitrogens is 2. The van der Waals surface area contributed by atoms with Crippen LogP contribution < -0.4 is 10.6 Å². The number of hydrogen-bond donors (Lipinski definition) is 3. The molecule has 2 heterocycles. The van der Waals surface area contributed by atoms with Gasteiger partial charge in [0.1, 0.15) is 5.82 Å². The Balaban J connectivity index is 1.57. The molecule has 6 nitrogen and oxygen atoms in total. The van der Waals surface area contributed by atoms with Crippen LogP contribution in [0.2, 0.25) is 0 Å².